The average molecular weight is 524 g/mol. The summed E-state index contributed by atoms with van der Waals surface area (Å²) in [6.07, 6.45) is 0.264. The van der Waals surface area contributed by atoms with Crippen LogP contribution in [0.3, 0.4) is 0 Å². The highest BCUT2D eigenvalue weighted by molar-refractivity contribution is 9.10. The number of hydrogen-bond donors (Lipinski definition) is 0. The standard InChI is InChI=1S/C26H26BrN3O4/c1-3-26-21-20(23(32)29(24(21)33)14-16-8-6-5-7-9-16)19(15-28(4-2)25(26)34)30(26)22(31)17-10-12-18(27)13-11-17/h5-13,19-21H,3-4,14-15H2,1-2H3/t19-,20+,21-,26-/m1/s1. The molecule has 3 heterocycles. The van der Waals surface area contributed by atoms with Crippen LogP contribution >= 0.6 is 15.9 Å². The van der Waals surface area contributed by atoms with E-state index in [0.717, 1.165) is 10.0 Å². The molecule has 0 radical (unpaired) electrons. The second kappa shape index (κ2) is 8.34. The Balaban J connectivity index is 1.59. The largest absolute Gasteiger partial charge is 0.339 e. The van der Waals surface area contributed by atoms with Gasteiger partial charge in [0.15, 0.2) is 0 Å². The predicted octanol–water partition coefficient (Wildman–Crippen LogP) is 3.09. The minimum Gasteiger partial charge on any atom is -0.339 e. The van der Waals surface area contributed by atoms with Crippen molar-refractivity contribution in [2.45, 2.75) is 38.4 Å². The number of rotatable bonds is 5. The third-order valence-corrected chi connectivity index (χ3v) is 8.14. The molecule has 4 amide bonds. The van der Waals surface area contributed by atoms with Gasteiger partial charge in [-0.05, 0) is 43.2 Å². The molecule has 3 aliphatic rings. The fraction of sp³-hybridized carbons (Fsp3) is 0.385. The first-order valence-corrected chi connectivity index (χ1v) is 12.4. The molecule has 2 aromatic rings. The first kappa shape index (κ1) is 22.8. The molecule has 0 aliphatic carbocycles. The van der Waals surface area contributed by atoms with Crippen molar-refractivity contribution in [2.75, 3.05) is 13.1 Å². The lowest BCUT2D eigenvalue weighted by Crippen LogP contribution is -2.69. The van der Waals surface area contributed by atoms with E-state index in [1.54, 1.807) is 34.1 Å². The van der Waals surface area contributed by atoms with Crippen LogP contribution in [0, 0.1) is 11.8 Å². The monoisotopic (exact) mass is 523 g/mol. The summed E-state index contributed by atoms with van der Waals surface area (Å²) in [7, 11) is 0. The van der Waals surface area contributed by atoms with Crippen molar-refractivity contribution < 1.29 is 19.2 Å². The van der Waals surface area contributed by atoms with Gasteiger partial charge in [0.1, 0.15) is 5.54 Å². The van der Waals surface area contributed by atoms with Crippen molar-refractivity contribution in [3.63, 3.8) is 0 Å². The number of imide groups is 1. The summed E-state index contributed by atoms with van der Waals surface area (Å²) < 4.78 is 0.836. The fourth-order valence-corrected chi connectivity index (χ4v) is 6.32. The maximum absolute atomic E-state index is 13.9. The Labute approximate surface area is 206 Å². The number of benzene rings is 2. The molecule has 3 aliphatic heterocycles. The van der Waals surface area contributed by atoms with Crippen molar-refractivity contribution in [2.24, 2.45) is 11.8 Å². The van der Waals surface area contributed by atoms with Gasteiger partial charge in [-0.1, -0.05) is 53.2 Å². The molecule has 0 spiro atoms. The lowest BCUT2D eigenvalue weighted by atomic mass is 9.78. The van der Waals surface area contributed by atoms with E-state index in [1.807, 2.05) is 44.2 Å². The highest BCUT2D eigenvalue weighted by atomic mass is 79.9. The molecule has 7 nitrogen and oxygen atoms in total. The molecular formula is C26H26BrN3O4. The van der Waals surface area contributed by atoms with Crippen LogP contribution in [0.1, 0.15) is 36.2 Å². The maximum atomic E-state index is 13.9. The van der Waals surface area contributed by atoms with Gasteiger partial charge in [-0.3, -0.25) is 24.1 Å². The van der Waals surface area contributed by atoms with Crippen LogP contribution in [0.5, 0.6) is 0 Å². The van der Waals surface area contributed by atoms with Crippen LogP contribution in [0.15, 0.2) is 59.1 Å². The van der Waals surface area contributed by atoms with Gasteiger partial charge in [0, 0.05) is 23.1 Å². The average Bonchev–Trinajstić information content (AvgIpc) is 3.24. The quantitative estimate of drug-likeness (QED) is 0.564. The molecule has 3 fully saturated rings. The number of likely N-dealkylation sites (N-methyl/N-ethyl adjacent to an activating group) is 1. The SMILES string of the molecule is CCN1C[C@@H]2[C@@H]3C(=O)N(Cc4ccccc4)C(=O)[C@@H]3[C@](CC)(C1=O)N2C(=O)c1ccc(Br)cc1. The zero-order chi connectivity index (χ0) is 24.2. The van der Waals surface area contributed by atoms with E-state index in [9.17, 15) is 19.2 Å². The van der Waals surface area contributed by atoms with Crippen molar-refractivity contribution in [3.8, 4) is 0 Å². The first-order chi connectivity index (χ1) is 16.3. The van der Waals surface area contributed by atoms with Crippen LogP contribution in [0.25, 0.3) is 0 Å². The zero-order valence-electron chi connectivity index (χ0n) is 19.1. The van der Waals surface area contributed by atoms with E-state index in [-0.39, 0.29) is 43.1 Å². The minimum absolute atomic E-state index is 0.171. The maximum Gasteiger partial charge on any atom is 0.255 e. The molecule has 5 rings (SSSR count). The smallest absolute Gasteiger partial charge is 0.255 e. The number of halogens is 1. The topological polar surface area (TPSA) is 78.0 Å². The summed E-state index contributed by atoms with van der Waals surface area (Å²) in [6.45, 7) is 4.60. The molecular weight excluding hydrogens is 498 g/mol. The molecule has 8 heteroatoms. The number of carbonyl (C=O) groups excluding carboxylic acids is 4. The zero-order valence-corrected chi connectivity index (χ0v) is 20.7. The number of piperazine rings is 1. The van der Waals surface area contributed by atoms with Gasteiger partial charge in [-0.2, -0.15) is 0 Å². The summed E-state index contributed by atoms with van der Waals surface area (Å²) >= 11 is 3.39. The van der Waals surface area contributed by atoms with Gasteiger partial charge in [-0.15, -0.1) is 0 Å². The second-order valence-corrected chi connectivity index (χ2v) is 10.0. The molecule has 34 heavy (non-hydrogen) atoms. The Morgan fingerprint density at radius 2 is 1.68 bits per heavy atom. The summed E-state index contributed by atoms with van der Waals surface area (Å²) in [5.74, 6) is -2.80. The van der Waals surface area contributed by atoms with Crippen molar-refractivity contribution in [1.82, 2.24) is 14.7 Å². The minimum atomic E-state index is -1.37. The van der Waals surface area contributed by atoms with E-state index in [1.165, 1.54) is 4.90 Å². The molecule has 2 bridgehead atoms. The van der Waals surface area contributed by atoms with E-state index in [4.69, 9.17) is 0 Å². The summed E-state index contributed by atoms with van der Waals surface area (Å²) in [5.41, 5.74) is -0.0830. The van der Waals surface area contributed by atoms with Crippen molar-refractivity contribution in [1.29, 1.82) is 0 Å². The van der Waals surface area contributed by atoms with Gasteiger partial charge >= 0.3 is 0 Å². The normalized spacial score (nSPS) is 28.0. The number of nitrogens with zero attached hydrogens (tertiary/aromatic N) is 3. The first-order valence-electron chi connectivity index (χ1n) is 11.6. The number of hydrogen-bond acceptors (Lipinski definition) is 4. The Morgan fingerprint density at radius 3 is 2.29 bits per heavy atom. The molecule has 0 aromatic heterocycles. The molecule has 0 saturated carbocycles. The Morgan fingerprint density at radius 1 is 1.00 bits per heavy atom. The molecule has 3 saturated heterocycles. The van der Waals surface area contributed by atoms with Crippen molar-refractivity contribution in [3.05, 3.63) is 70.2 Å². The fourth-order valence-electron chi connectivity index (χ4n) is 6.06. The number of carbonyl (C=O) groups is 4. The Bertz CT molecular complexity index is 1170. The summed E-state index contributed by atoms with van der Waals surface area (Å²) in [4.78, 5) is 59.7. The molecule has 4 atom stereocenters. The number of likely N-dealkylation sites (tertiary alicyclic amines) is 2. The molecule has 2 aromatic carbocycles. The summed E-state index contributed by atoms with van der Waals surface area (Å²) in [6, 6.07) is 15.8. The van der Waals surface area contributed by atoms with Gasteiger partial charge in [0.25, 0.3) is 5.91 Å². The third kappa shape index (κ3) is 3.07. The Hall–Kier alpha value is -3.00. The number of amides is 4. The van der Waals surface area contributed by atoms with E-state index in [0.29, 0.717) is 12.1 Å². The second-order valence-electron chi connectivity index (χ2n) is 9.12. The molecule has 0 unspecified atom stereocenters. The highest BCUT2D eigenvalue weighted by Gasteiger charge is 2.74. The van der Waals surface area contributed by atoms with Gasteiger partial charge in [0.05, 0.1) is 24.4 Å². The van der Waals surface area contributed by atoms with Gasteiger partial charge in [-0.25, -0.2) is 0 Å². The van der Waals surface area contributed by atoms with Crippen molar-refractivity contribution >= 4 is 39.6 Å². The van der Waals surface area contributed by atoms with Crippen LogP contribution < -0.4 is 0 Å². The predicted molar refractivity (Wildman–Crippen MR) is 128 cm³/mol. The van der Waals surface area contributed by atoms with Gasteiger partial charge < -0.3 is 9.80 Å². The van der Waals surface area contributed by atoms with E-state index >= 15 is 0 Å². The van der Waals surface area contributed by atoms with Gasteiger partial charge in [0.2, 0.25) is 17.7 Å². The van der Waals surface area contributed by atoms with Crippen LogP contribution in [-0.4, -0.2) is 63.0 Å². The van der Waals surface area contributed by atoms with Crippen LogP contribution in [0.2, 0.25) is 0 Å². The van der Waals surface area contributed by atoms with Crippen LogP contribution in [0.4, 0.5) is 0 Å². The molecule has 0 N–H and O–H groups in total. The molecule has 176 valence electrons. The Kier molecular flexibility index (Phi) is 5.59. The van der Waals surface area contributed by atoms with Crippen LogP contribution in [-0.2, 0) is 20.9 Å². The summed E-state index contributed by atoms with van der Waals surface area (Å²) in [5, 5.41) is 0. The highest BCUT2D eigenvalue weighted by Crippen LogP contribution is 2.54. The third-order valence-electron chi connectivity index (χ3n) is 7.61. The lowest BCUT2D eigenvalue weighted by Gasteiger charge is -2.49. The lowest BCUT2D eigenvalue weighted by molar-refractivity contribution is -0.157. The number of fused-ring (bicyclic) bond motifs is 5. The van der Waals surface area contributed by atoms with E-state index in [2.05, 4.69) is 15.9 Å². The van der Waals surface area contributed by atoms with E-state index < -0.39 is 23.4 Å².